The lowest BCUT2D eigenvalue weighted by Gasteiger charge is -2.04. The van der Waals surface area contributed by atoms with Crippen LogP contribution in [0.15, 0.2) is 54.6 Å². The molecule has 0 aliphatic carbocycles. The maximum Gasteiger partial charge on any atom is 0.488 e. The summed E-state index contributed by atoms with van der Waals surface area (Å²) in [4.78, 5) is 0. The van der Waals surface area contributed by atoms with Crippen LogP contribution in [-0.2, 0) is 12.8 Å². The van der Waals surface area contributed by atoms with E-state index in [4.69, 9.17) is 10.0 Å². The van der Waals surface area contributed by atoms with Gasteiger partial charge in [-0.25, -0.2) is 0 Å². The van der Waals surface area contributed by atoms with Crippen molar-refractivity contribution >= 4 is 12.6 Å². The lowest BCUT2D eigenvalue weighted by Crippen LogP contribution is -2.29. The molecule has 0 atom stereocenters. The molecule has 2 aromatic carbocycles. The van der Waals surface area contributed by atoms with Crippen molar-refractivity contribution in [2.24, 2.45) is 0 Å². The van der Waals surface area contributed by atoms with Crippen LogP contribution in [0.25, 0.3) is 0 Å². The summed E-state index contributed by atoms with van der Waals surface area (Å²) >= 11 is 0. The minimum Gasteiger partial charge on any atom is -0.423 e. The summed E-state index contributed by atoms with van der Waals surface area (Å²) in [5, 5.41) is 18.0. The Hall–Kier alpha value is -1.58. The molecule has 3 heteroatoms. The fourth-order valence-corrected chi connectivity index (χ4v) is 2.00. The molecule has 0 radical (unpaired) electrons. The molecule has 0 aliphatic heterocycles. The van der Waals surface area contributed by atoms with E-state index in [1.54, 1.807) is 12.1 Å². The Bertz CT molecular complexity index is 466. The van der Waals surface area contributed by atoms with Crippen LogP contribution in [0.1, 0.15) is 25.0 Å². The van der Waals surface area contributed by atoms with Gasteiger partial charge in [0, 0.05) is 0 Å². The van der Waals surface area contributed by atoms with Crippen LogP contribution in [0.5, 0.6) is 0 Å². The lowest BCUT2D eigenvalue weighted by atomic mass is 9.80. The van der Waals surface area contributed by atoms with Crippen molar-refractivity contribution in [1.29, 1.82) is 0 Å². The van der Waals surface area contributed by atoms with Gasteiger partial charge in [0.05, 0.1) is 0 Å². The lowest BCUT2D eigenvalue weighted by molar-refractivity contribution is 0.426. The van der Waals surface area contributed by atoms with Crippen LogP contribution in [0.2, 0.25) is 0 Å². The largest absolute Gasteiger partial charge is 0.488 e. The summed E-state index contributed by atoms with van der Waals surface area (Å²) in [5.41, 5.74) is 3.14. The minimum absolute atomic E-state index is 0. The average Bonchev–Trinajstić information content (AvgIpc) is 2.40. The molecule has 100 valence electrons. The standard InChI is InChI=1S/C15H17BO2.CH4/c17-16(18)15-11-9-14(10-12-15)8-4-7-13-5-2-1-3-6-13;/h1-3,5-6,9-12,17-18H,4,7-8H2;1H4. The molecule has 19 heavy (non-hydrogen) atoms. The van der Waals surface area contributed by atoms with Gasteiger partial charge in [0.2, 0.25) is 0 Å². The summed E-state index contributed by atoms with van der Waals surface area (Å²) in [7, 11) is -1.37. The van der Waals surface area contributed by atoms with E-state index in [0.717, 1.165) is 19.3 Å². The van der Waals surface area contributed by atoms with Crippen molar-refractivity contribution in [2.75, 3.05) is 0 Å². The Morgan fingerprint density at radius 3 is 1.79 bits per heavy atom. The predicted octanol–water partition coefficient (Wildman–Crippen LogP) is 2.18. The van der Waals surface area contributed by atoms with Crippen molar-refractivity contribution in [3.63, 3.8) is 0 Å². The zero-order chi connectivity index (χ0) is 12.8. The molecule has 0 heterocycles. The monoisotopic (exact) mass is 256 g/mol. The van der Waals surface area contributed by atoms with Gasteiger partial charge in [-0.2, -0.15) is 0 Å². The maximum absolute atomic E-state index is 8.99. The summed E-state index contributed by atoms with van der Waals surface area (Å²) in [6, 6.07) is 17.9. The van der Waals surface area contributed by atoms with Gasteiger partial charge >= 0.3 is 7.12 Å². The van der Waals surface area contributed by atoms with Gasteiger partial charge in [-0.3, -0.25) is 0 Å². The van der Waals surface area contributed by atoms with Crippen LogP contribution in [0.3, 0.4) is 0 Å². The highest BCUT2D eigenvalue weighted by molar-refractivity contribution is 6.58. The van der Waals surface area contributed by atoms with Gasteiger partial charge in [0.15, 0.2) is 0 Å². The number of aryl methyl sites for hydroxylation is 2. The molecule has 0 aromatic heterocycles. The highest BCUT2D eigenvalue weighted by Gasteiger charge is 2.09. The van der Waals surface area contributed by atoms with E-state index in [9.17, 15) is 0 Å². The fraction of sp³-hybridized carbons (Fsp3) is 0.250. The molecule has 0 unspecified atom stereocenters. The Morgan fingerprint density at radius 2 is 1.26 bits per heavy atom. The van der Waals surface area contributed by atoms with Gasteiger partial charge in [-0.1, -0.05) is 62.0 Å². The first-order valence-corrected chi connectivity index (χ1v) is 6.24. The van der Waals surface area contributed by atoms with Gasteiger partial charge in [0.1, 0.15) is 0 Å². The van der Waals surface area contributed by atoms with Crippen molar-refractivity contribution < 1.29 is 10.0 Å². The van der Waals surface area contributed by atoms with Crippen LogP contribution in [-0.4, -0.2) is 17.2 Å². The third-order valence-corrected chi connectivity index (χ3v) is 3.05. The van der Waals surface area contributed by atoms with E-state index >= 15 is 0 Å². The van der Waals surface area contributed by atoms with E-state index in [-0.39, 0.29) is 7.43 Å². The summed E-state index contributed by atoms with van der Waals surface area (Å²) in [5.74, 6) is 0. The smallest absolute Gasteiger partial charge is 0.423 e. The summed E-state index contributed by atoms with van der Waals surface area (Å²) < 4.78 is 0. The topological polar surface area (TPSA) is 40.5 Å². The average molecular weight is 256 g/mol. The molecule has 0 amide bonds. The Kier molecular flexibility index (Phi) is 6.33. The predicted molar refractivity (Wildman–Crippen MR) is 81.5 cm³/mol. The molecule has 0 bridgehead atoms. The number of hydrogen-bond donors (Lipinski definition) is 2. The van der Waals surface area contributed by atoms with E-state index < -0.39 is 7.12 Å². The Morgan fingerprint density at radius 1 is 0.737 bits per heavy atom. The molecule has 0 spiro atoms. The van der Waals surface area contributed by atoms with Crippen molar-refractivity contribution in [1.82, 2.24) is 0 Å². The summed E-state index contributed by atoms with van der Waals surface area (Å²) in [6.07, 6.45) is 3.19. The first-order valence-electron chi connectivity index (χ1n) is 6.24. The molecule has 0 saturated heterocycles. The van der Waals surface area contributed by atoms with Gasteiger partial charge in [-0.15, -0.1) is 0 Å². The van der Waals surface area contributed by atoms with Crippen molar-refractivity contribution in [2.45, 2.75) is 26.7 Å². The maximum atomic E-state index is 8.99. The quantitative estimate of drug-likeness (QED) is 0.805. The molecular weight excluding hydrogens is 235 g/mol. The van der Waals surface area contributed by atoms with Crippen molar-refractivity contribution in [3.05, 3.63) is 65.7 Å². The Labute approximate surface area is 115 Å². The second kappa shape index (κ2) is 7.77. The SMILES string of the molecule is C.OB(O)c1ccc(CCCc2ccccc2)cc1. The van der Waals surface area contributed by atoms with Crippen LogP contribution in [0, 0.1) is 0 Å². The molecule has 0 fully saturated rings. The highest BCUT2D eigenvalue weighted by Crippen LogP contribution is 2.07. The molecule has 2 nitrogen and oxygen atoms in total. The van der Waals surface area contributed by atoms with Gasteiger partial charge in [-0.05, 0) is 35.9 Å². The third kappa shape index (κ3) is 4.89. The van der Waals surface area contributed by atoms with E-state index in [1.807, 2.05) is 18.2 Å². The third-order valence-electron chi connectivity index (χ3n) is 3.05. The second-order valence-electron chi connectivity index (χ2n) is 4.45. The zero-order valence-electron chi connectivity index (χ0n) is 10.3. The molecule has 2 N–H and O–H groups in total. The Balaban J connectivity index is 0.00000180. The van der Waals surface area contributed by atoms with Crippen LogP contribution in [0.4, 0.5) is 0 Å². The molecule has 2 aromatic rings. The zero-order valence-corrected chi connectivity index (χ0v) is 10.3. The first-order chi connectivity index (χ1) is 8.75. The normalized spacial score (nSPS) is 9.79. The minimum atomic E-state index is -1.37. The second-order valence-corrected chi connectivity index (χ2v) is 4.45. The van der Waals surface area contributed by atoms with Crippen molar-refractivity contribution in [3.8, 4) is 0 Å². The fourth-order valence-electron chi connectivity index (χ4n) is 2.00. The van der Waals surface area contributed by atoms with Crippen LogP contribution < -0.4 is 5.46 Å². The number of hydrogen-bond acceptors (Lipinski definition) is 2. The van der Waals surface area contributed by atoms with Gasteiger partial charge in [0.25, 0.3) is 0 Å². The van der Waals surface area contributed by atoms with E-state index in [0.29, 0.717) is 5.46 Å². The van der Waals surface area contributed by atoms with Gasteiger partial charge < -0.3 is 10.0 Å². The number of rotatable bonds is 5. The molecular formula is C16H21BO2. The van der Waals surface area contributed by atoms with Crippen LogP contribution >= 0.6 is 0 Å². The van der Waals surface area contributed by atoms with E-state index in [1.165, 1.54) is 11.1 Å². The highest BCUT2D eigenvalue weighted by atomic mass is 16.4. The first kappa shape index (κ1) is 15.5. The summed E-state index contributed by atoms with van der Waals surface area (Å²) in [6.45, 7) is 0. The number of benzene rings is 2. The van der Waals surface area contributed by atoms with E-state index in [2.05, 4.69) is 24.3 Å². The molecule has 0 aliphatic rings. The molecule has 2 rings (SSSR count). The molecule has 0 saturated carbocycles.